The van der Waals surface area contributed by atoms with Gasteiger partial charge in [0.25, 0.3) is 0 Å². The summed E-state index contributed by atoms with van der Waals surface area (Å²) < 4.78 is 6.14. The number of furan rings is 1. The van der Waals surface area contributed by atoms with Gasteiger partial charge >= 0.3 is 0 Å². The summed E-state index contributed by atoms with van der Waals surface area (Å²) in [4.78, 5) is 0. The van der Waals surface area contributed by atoms with Crippen LogP contribution < -0.4 is 0 Å². The van der Waals surface area contributed by atoms with Crippen molar-refractivity contribution in [3.8, 4) is 11.3 Å². The second-order valence-corrected chi connectivity index (χ2v) is 7.50. The molecule has 0 fully saturated rings. The zero-order chi connectivity index (χ0) is 16.7. The molecule has 0 saturated carbocycles. The van der Waals surface area contributed by atoms with Crippen LogP contribution in [0.3, 0.4) is 0 Å². The first-order valence-corrected chi connectivity index (χ1v) is 8.51. The smallest absolute Gasteiger partial charge is 0.134 e. The molecule has 0 amide bonds. The van der Waals surface area contributed by atoms with E-state index in [2.05, 4.69) is 69.3 Å². The molecule has 0 unspecified atom stereocenters. The predicted octanol–water partition coefficient (Wildman–Crippen LogP) is 6.34. The molecule has 0 saturated heterocycles. The van der Waals surface area contributed by atoms with E-state index in [9.17, 15) is 0 Å². The first-order chi connectivity index (χ1) is 11.5. The molecule has 0 N–H and O–H groups in total. The highest BCUT2D eigenvalue weighted by Gasteiger charge is 2.24. The van der Waals surface area contributed by atoms with Crippen molar-refractivity contribution < 1.29 is 4.42 Å². The van der Waals surface area contributed by atoms with Crippen molar-refractivity contribution in [1.29, 1.82) is 0 Å². The predicted molar refractivity (Wildman–Crippen MR) is 101 cm³/mol. The zero-order valence-corrected chi connectivity index (χ0v) is 14.5. The van der Waals surface area contributed by atoms with Gasteiger partial charge in [-0.05, 0) is 45.9 Å². The Morgan fingerprint density at radius 3 is 2.29 bits per heavy atom. The molecule has 0 radical (unpaired) electrons. The molecule has 0 spiro atoms. The van der Waals surface area contributed by atoms with E-state index in [0.717, 1.165) is 23.5 Å². The van der Waals surface area contributed by atoms with Crippen molar-refractivity contribution in [3.63, 3.8) is 0 Å². The third-order valence-corrected chi connectivity index (χ3v) is 4.68. The van der Waals surface area contributed by atoms with Gasteiger partial charge < -0.3 is 4.42 Å². The van der Waals surface area contributed by atoms with Gasteiger partial charge in [-0.3, -0.25) is 0 Å². The molecule has 120 valence electrons. The highest BCUT2D eigenvalue weighted by Crippen LogP contribution is 2.39. The van der Waals surface area contributed by atoms with Crippen LogP contribution in [-0.4, -0.2) is 0 Å². The summed E-state index contributed by atoms with van der Waals surface area (Å²) in [6, 6.07) is 21.1. The highest BCUT2D eigenvalue weighted by atomic mass is 16.3. The van der Waals surface area contributed by atoms with Crippen molar-refractivity contribution in [1.82, 2.24) is 0 Å². The van der Waals surface area contributed by atoms with Crippen LogP contribution in [0.2, 0.25) is 0 Å². The Labute approximate surface area is 143 Å². The number of rotatable bonds is 2. The van der Waals surface area contributed by atoms with Crippen LogP contribution in [0, 0.1) is 0 Å². The minimum Gasteiger partial charge on any atom is -0.456 e. The van der Waals surface area contributed by atoms with Gasteiger partial charge in [0.1, 0.15) is 11.5 Å². The number of hydrogen-bond acceptors (Lipinski definition) is 1. The summed E-state index contributed by atoms with van der Waals surface area (Å²) in [6.07, 6.45) is 3.25. The van der Waals surface area contributed by atoms with Crippen molar-refractivity contribution in [2.24, 2.45) is 0 Å². The molecular weight excluding hydrogens is 292 g/mol. The molecule has 1 aliphatic rings. The molecule has 4 rings (SSSR count). The van der Waals surface area contributed by atoms with E-state index in [1.165, 1.54) is 22.3 Å². The second-order valence-electron chi connectivity index (χ2n) is 7.50. The summed E-state index contributed by atoms with van der Waals surface area (Å²) in [6.45, 7) is 6.82. The van der Waals surface area contributed by atoms with Gasteiger partial charge in [-0.25, -0.2) is 0 Å². The van der Waals surface area contributed by atoms with E-state index < -0.39 is 0 Å². The molecule has 1 aromatic heterocycles. The van der Waals surface area contributed by atoms with Crippen molar-refractivity contribution >= 4 is 11.6 Å². The maximum atomic E-state index is 6.14. The Morgan fingerprint density at radius 2 is 1.54 bits per heavy atom. The lowest BCUT2D eigenvalue weighted by molar-refractivity contribution is 0.566. The average molecular weight is 314 g/mol. The standard InChI is InChI=1S/C23H22O/c1-23(2,3)20-11-7-10-17-14-18(15-19(17)20)22-13-12-21(24-22)16-8-5-4-6-9-16/h4-13,15H,14H2,1-3H3. The van der Waals surface area contributed by atoms with Crippen LogP contribution in [0.1, 0.15) is 43.2 Å². The lowest BCUT2D eigenvalue weighted by atomic mass is 9.83. The lowest BCUT2D eigenvalue weighted by Gasteiger charge is -2.22. The summed E-state index contributed by atoms with van der Waals surface area (Å²) in [5, 5.41) is 0. The fourth-order valence-corrected chi connectivity index (χ4v) is 3.45. The van der Waals surface area contributed by atoms with E-state index >= 15 is 0 Å². The Bertz CT molecular complexity index is 905. The van der Waals surface area contributed by atoms with Gasteiger partial charge in [0.05, 0.1) is 0 Å². The SMILES string of the molecule is CC(C)(C)c1cccc2c1C=C(c1ccc(-c3ccccc3)o1)C2. The van der Waals surface area contributed by atoms with Crippen LogP contribution in [0.15, 0.2) is 65.1 Å². The van der Waals surface area contributed by atoms with Crippen molar-refractivity contribution in [2.75, 3.05) is 0 Å². The number of allylic oxidation sites excluding steroid dienone is 1. The van der Waals surface area contributed by atoms with Gasteiger partial charge in [0.2, 0.25) is 0 Å². The van der Waals surface area contributed by atoms with Crippen LogP contribution in [0.5, 0.6) is 0 Å². The molecule has 3 aromatic rings. The molecule has 24 heavy (non-hydrogen) atoms. The second kappa shape index (κ2) is 5.52. The van der Waals surface area contributed by atoms with E-state index in [1.54, 1.807) is 0 Å². The van der Waals surface area contributed by atoms with Gasteiger partial charge in [0.15, 0.2) is 0 Å². The monoisotopic (exact) mass is 314 g/mol. The van der Waals surface area contributed by atoms with E-state index in [1.807, 2.05) is 18.2 Å². The fourth-order valence-electron chi connectivity index (χ4n) is 3.45. The van der Waals surface area contributed by atoms with Crippen LogP contribution >= 0.6 is 0 Å². The molecule has 1 aliphatic carbocycles. The molecule has 0 bridgehead atoms. The summed E-state index contributed by atoms with van der Waals surface area (Å²) in [5.41, 5.74) is 6.71. The molecule has 1 nitrogen and oxygen atoms in total. The van der Waals surface area contributed by atoms with Gasteiger partial charge in [-0.1, -0.05) is 69.3 Å². The average Bonchev–Trinajstić information content (AvgIpc) is 3.21. The Balaban J connectivity index is 1.71. The minimum absolute atomic E-state index is 0.148. The number of benzene rings is 2. The van der Waals surface area contributed by atoms with Crippen LogP contribution in [0.4, 0.5) is 0 Å². The van der Waals surface area contributed by atoms with Crippen LogP contribution in [0.25, 0.3) is 23.0 Å². The van der Waals surface area contributed by atoms with Gasteiger partial charge in [0, 0.05) is 12.0 Å². The molecule has 0 atom stereocenters. The number of fused-ring (bicyclic) bond motifs is 1. The van der Waals surface area contributed by atoms with Crippen molar-refractivity contribution in [3.05, 3.63) is 83.1 Å². The van der Waals surface area contributed by atoms with E-state index in [-0.39, 0.29) is 5.41 Å². The molecule has 2 aromatic carbocycles. The quantitative estimate of drug-likeness (QED) is 0.538. The first kappa shape index (κ1) is 15.0. The maximum Gasteiger partial charge on any atom is 0.134 e. The minimum atomic E-state index is 0.148. The van der Waals surface area contributed by atoms with Crippen LogP contribution in [-0.2, 0) is 11.8 Å². The molecule has 1 heteroatoms. The van der Waals surface area contributed by atoms with E-state index in [4.69, 9.17) is 4.42 Å². The van der Waals surface area contributed by atoms with Gasteiger partial charge in [-0.15, -0.1) is 0 Å². The van der Waals surface area contributed by atoms with E-state index in [0.29, 0.717) is 0 Å². The lowest BCUT2D eigenvalue weighted by Crippen LogP contribution is -2.13. The normalized spacial score (nSPS) is 13.7. The zero-order valence-electron chi connectivity index (χ0n) is 14.5. The Morgan fingerprint density at radius 1 is 0.792 bits per heavy atom. The largest absolute Gasteiger partial charge is 0.456 e. The summed E-state index contributed by atoms with van der Waals surface area (Å²) >= 11 is 0. The third-order valence-electron chi connectivity index (χ3n) is 4.68. The molecule has 1 heterocycles. The third kappa shape index (κ3) is 2.60. The molecule has 0 aliphatic heterocycles. The summed E-state index contributed by atoms with van der Waals surface area (Å²) in [7, 11) is 0. The number of hydrogen-bond donors (Lipinski definition) is 0. The Hall–Kier alpha value is -2.54. The van der Waals surface area contributed by atoms with Crippen molar-refractivity contribution in [2.45, 2.75) is 32.6 Å². The Kier molecular flexibility index (Phi) is 3.45. The summed E-state index contributed by atoms with van der Waals surface area (Å²) in [5.74, 6) is 1.91. The topological polar surface area (TPSA) is 13.1 Å². The first-order valence-electron chi connectivity index (χ1n) is 8.51. The van der Waals surface area contributed by atoms with Gasteiger partial charge in [-0.2, -0.15) is 0 Å². The fraction of sp³-hybridized carbons (Fsp3) is 0.217. The highest BCUT2D eigenvalue weighted by molar-refractivity contribution is 5.88. The maximum absolute atomic E-state index is 6.14. The molecular formula is C23H22O.